The molecule has 0 atom stereocenters. The second-order valence-corrected chi connectivity index (χ2v) is 7.67. The van der Waals surface area contributed by atoms with Crippen molar-refractivity contribution in [2.45, 2.75) is 44.2 Å². The van der Waals surface area contributed by atoms with Crippen LogP contribution in [0.15, 0.2) is 24.3 Å². The maximum Gasteiger partial charge on any atom is 0.108 e. The fourth-order valence-corrected chi connectivity index (χ4v) is 4.93. The Morgan fingerprint density at radius 2 is 2.05 bits per heavy atom. The maximum atomic E-state index is 4.80. The van der Waals surface area contributed by atoms with E-state index < -0.39 is 0 Å². The zero-order valence-corrected chi connectivity index (χ0v) is 13.3. The molecule has 21 heavy (non-hydrogen) atoms. The van der Waals surface area contributed by atoms with Crippen LogP contribution in [0.3, 0.4) is 0 Å². The topological polar surface area (TPSA) is 28.2 Å². The molecule has 1 aliphatic heterocycles. The van der Waals surface area contributed by atoms with Crippen LogP contribution in [-0.2, 0) is 6.54 Å². The van der Waals surface area contributed by atoms with E-state index in [1.807, 2.05) is 11.3 Å². The minimum absolute atomic E-state index is 0.396. The maximum absolute atomic E-state index is 4.80. The van der Waals surface area contributed by atoms with Crippen LogP contribution in [0.1, 0.15) is 37.1 Å². The molecule has 0 unspecified atom stereocenters. The van der Waals surface area contributed by atoms with E-state index in [0.717, 1.165) is 25.2 Å². The first-order valence-electron chi connectivity index (χ1n) is 8.15. The number of aromatic nitrogens is 1. The number of hydrogen-bond acceptors (Lipinski definition) is 4. The third-order valence-corrected chi connectivity index (χ3v) is 5.98. The second-order valence-electron chi connectivity index (χ2n) is 6.55. The molecule has 2 aliphatic rings. The predicted molar refractivity (Wildman–Crippen MR) is 88.7 cm³/mol. The number of piperazine rings is 1. The third kappa shape index (κ3) is 2.85. The third-order valence-electron chi connectivity index (χ3n) is 4.96. The molecule has 0 amide bonds. The molecule has 2 aromatic rings. The van der Waals surface area contributed by atoms with Crippen LogP contribution >= 0.6 is 11.3 Å². The van der Waals surface area contributed by atoms with Gasteiger partial charge in [0.25, 0.3) is 0 Å². The first-order valence-corrected chi connectivity index (χ1v) is 8.97. The molecular formula is C17H23N3S. The summed E-state index contributed by atoms with van der Waals surface area (Å²) < 4.78 is 1.31. The van der Waals surface area contributed by atoms with Crippen molar-refractivity contribution < 1.29 is 0 Å². The number of fused-ring (bicyclic) bond motifs is 1. The fraction of sp³-hybridized carbons (Fsp3) is 0.588. The van der Waals surface area contributed by atoms with E-state index in [0.29, 0.717) is 5.54 Å². The summed E-state index contributed by atoms with van der Waals surface area (Å²) in [5, 5.41) is 5.09. The Balaban J connectivity index is 1.48. The smallest absolute Gasteiger partial charge is 0.108 e. The highest BCUT2D eigenvalue weighted by Gasteiger charge is 2.36. The summed E-state index contributed by atoms with van der Waals surface area (Å²) in [6.45, 7) is 4.49. The summed E-state index contributed by atoms with van der Waals surface area (Å²) in [4.78, 5) is 7.41. The first kappa shape index (κ1) is 13.7. The van der Waals surface area contributed by atoms with Gasteiger partial charge in [0.2, 0.25) is 0 Å². The Kier molecular flexibility index (Phi) is 3.69. The molecule has 1 saturated heterocycles. The first-order chi connectivity index (χ1) is 10.3. The van der Waals surface area contributed by atoms with Crippen molar-refractivity contribution in [1.82, 2.24) is 15.2 Å². The number of hydrogen-bond donors (Lipinski definition) is 1. The van der Waals surface area contributed by atoms with Gasteiger partial charge >= 0.3 is 0 Å². The molecule has 1 aromatic carbocycles. The monoisotopic (exact) mass is 301 g/mol. The van der Waals surface area contributed by atoms with Crippen molar-refractivity contribution in [2.24, 2.45) is 0 Å². The fourth-order valence-electron chi connectivity index (χ4n) is 3.92. The van der Waals surface area contributed by atoms with Crippen molar-refractivity contribution in [2.75, 3.05) is 19.6 Å². The summed E-state index contributed by atoms with van der Waals surface area (Å²) in [5.41, 5.74) is 1.55. The standard InChI is InChI=1S/C17H23N3S/c1-4-8-17(9-5-1)13-20(11-10-18-17)12-16-19-14-6-2-3-7-15(14)21-16/h2-3,6-7,18H,1,4-5,8-13H2. The summed E-state index contributed by atoms with van der Waals surface area (Å²) in [7, 11) is 0. The van der Waals surface area contributed by atoms with E-state index in [1.54, 1.807) is 0 Å². The Morgan fingerprint density at radius 1 is 1.19 bits per heavy atom. The quantitative estimate of drug-likeness (QED) is 0.921. The Morgan fingerprint density at radius 3 is 2.90 bits per heavy atom. The van der Waals surface area contributed by atoms with Gasteiger partial charge in [0.05, 0.1) is 16.8 Å². The highest BCUT2D eigenvalue weighted by molar-refractivity contribution is 7.18. The van der Waals surface area contributed by atoms with Crippen molar-refractivity contribution >= 4 is 21.6 Å². The lowest BCUT2D eigenvalue weighted by Gasteiger charge is -2.46. The number of rotatable bonds is 2. The van der Waals surface area contributed by atoms with E-state index in [1.165, 1.54) is 48.4 Å². The van der Waals surface area contributed by atoms with E-state index in [9.17, 15) is 0 Å². The number of para-hydroxylation sites is 1. The molecule has 0 bridgehead atoms. The number of nitrogens with one attached hydrogen (secondary N) is 1. The molecule has 2 fully saturated rings. The van der Waals surface area contributed by atoms with Crippen LogP contribution in [-0.4, -0.2) is 35.1 Å². The molecule has 112 valence electrons. The molecule has 1 aliphatic carbocycles. The molecule has 3 nitrogen and oxygen atoms in total. The van der Waals surface area contributed by atoms with E-state index >= 15 is 0 Å². The average Bonchev–Trinajstić information content (AvgIpc) is 2.90. The van der Waals surface area contributed by atoms with Crippen LogP contribution in [0.2, 0.25) is 0 Å². The highest BCUT2D eigenvalue weighted by atomic mass is 32.1. The van der Waals surface area contributed by atoms with Gasteiger partial charge in [-0.2, -0.15) is 0 Å². The summed E-state index contributed by atoms with van der Waals surface area (Å²) >= 11 is 1.85. The zero-order valence-electron chi connectivity index (χ0n) is 12.5. The van der Waals surface area contributed by atoms with Crippen LogP contribution in [0.25, 0.3) is 10.2 Å². The van der Waals surface area contributed by atoms with Crippen molar-refractivity contribution in [3.63, 3.8) is 0 Å². The lowest BCUT2D eigenvalue weighted by molar-refractivity contribution is 0.0945. The lowest BCUT2D eigenvalue weighted by Crippen LogP contribution is -2.60. The van der Waals surface area contributed by atoms with Crippen molar-refractivity contribution in [1.29, 1.82) is 0 Å². The number of benzene rings is 1. The Hall–Kier alpha value is -0.970. The molecule has 2 heterocycles. The molecule has 4 rings (SSSR count). The van der Waals surface area contributed by atoms with Gasteiger partial charge in [-0.05, 0) is 25.0 Å². The van der Waals surface area contributed by atoms with Gasteiger partial charge in [-0.15, -0.1) is 11.3 Å². The van der Waals surface area contributed by atoms with E-state index in [4.69, 9.17) is 4.98 Å². The summed E-state index contributed by atoms with van der Waals surface area (Å²) in [6, 6.07) is 8.48. The summed E-state index contributed by atoms with van der Waals surface area (Å²) in [6.07, 6.45) is 6.90. The summed E-state index contributed by atoms with van der Waals surface area (Å²) in [5.74, 6) is 0. The molecule has 1 aromatic heterocycles. The van der Waals surface area contributed by atoms with E-state index in [-0.39, 0.29) is 0 Å². The molecule has 0 radical (unpaired) electrons. The van der Waals surface area contributed by atoms with Crippen LogP contribution in [0.4, 0.5) is 0 Å². The van der Waals surface area contributed by atoms with Crippen LogP contribution < -0.4 is 5.32 Å². The molecule has 1 N–H and O–H groups in total. The molecule has 1 spiro atoms. The SMILES string of the molecule is c1ccc2sc(CN3CCNC4(CCCCC4)C3)nc2c1. The van der Waals surface area contributed by atoms with Gasteiger partial charge in [-0.25, -0.2) is 4.98 Å². The largest absolute Gasteiger partial charge is 0.309 e. The van der Waals surface area contributed by atoms with Gasteiger partial charge in [0, 0.05) is 25.2 Å². The zero-order chi connectivity index (χ0) is 14.1. The molecule has 4 heteroatoms. The van der Waals surface area contributed by atoms with E-state index in [2.05, 4.69) is 34.5 Å². The van der Waals surface area contributed by atoms with Crippen LogP contribution in [0.5, 0.6) is 0 Å². The van der Waals surface area contributed by atoms with Crippen molar-refractivity contribution in [3.8, 4) is 0 Å². The van der Waals surface area contributed by atoms with Gasteiger partial charge < -0.3 is 5.32 Å². The number of thiazole rings is 1. The molecule has 1 saturated carbocycles. The Bertz CT molecular complexity index is 577. The second kappa shape index (κ2) is 5.67. The average molecular weight is 301 g/mol. The normalized spacial score (nSPS) is 22.9. The molecular weight excluding hydrogens is 278 g/mol. The van der Waals surface area contributed by atoms with Gasteiger partial charge in [-0.1, -0.05) is 31.4 Å². The van der Waals surface area contributed by atoms with Gasteiger partial charge in [0.1, 0.15) is 5.01 Å². The van der Waals surface area contributed by atoms with Crippen molar-refractivity contribution in [3.05, 3.63) is 29.3 Å². The number of nitrogens with zero attached hydrogens (tertiary/aromatic N) is 2. The lowest BCUT2D eigenvalue weighted by atomic mass is 9.80. The highest BCUT2D eigenvalue weighted by Crippen LogP contribution is 2.31. The van der Waals surface area contributed by atoms with Crippen LogP contribution in [0, 0.1) is 0 Å². The van der Waals surface area contributed by atoms with Gasteiger partial charge in [-0.3, -0.25) is 4.90 Å². The minimum Gasteiger partial charge on any atom is -0.309 e. The predicted octanol–water partition coefficient (Wildman–Crippen LogP) is 3.40. The van der Waals surface area contributed by atoms with Gasteiger partial charge in [0.15, 0.2) is 0 Å². The Labute approximate surface area is 130 Å². The minimum atomic E-state index is 0.396.